The number of nitrogens with zero attached hydrogens (tertiary/aromatic N) is 2. The van der Waals surface area contributed by atoms with Crippen LogP contribution in [0.3, 0.4) is 0 Å². The van der Waals surface area contributed by atoms with Gasteiger partial charge in [-0.1, -0.05) is 37.1 Å². The topological polar surface area (TPSA) is 91.7 Å². The summed E-state index contributed by atoms with van der Waals surface area (Å²) in [4.78, 5) is 6.97. The van der Waals surface area contributed by atoms with Crippen molar-refractivity contribution < 1.29 is 0 Å². The van der Waals surface area contributed by atoms with Crippen LogP contribution in [0.1, 0.15) is 73.6 Å². The van der Waals surface area contributed by atoms with Crippen molar-refractivity contribution in [2.75, 3.05) is 39.8 Å². The molecule has 0 radical (unpaired) electrons. The SMILES string of the molecule is C/C=C(/C=C(\C)C(C)NCCC)C(N)/C=C/C=NCCC(C)N(C)CCNC(C)CCCCN. The van der Waals surface area contributed by atoms with Gasteiger partial charge in [0.25, 0.3) is 0 Å². The summed E-state index contributed by atoms with van der Waals surface area (Å²) in [6.45, 7) is 17.8. The van der Waals surface area contributed by atoms with Crippen molar-refractivity contribution in [3.8, 4) is 0 Å². The minimum absolute atomic E-state index is 0.125. The van der Waals surface area contributed by atoms with Gasteiger partial charge in [0.05, 0.1) is 0 Å². The Morgan fingerprint density at radius 2 is 1.82 bits per heavy atom. The quantitative estimate of drug-likeness (QED) is 0.121. The summed E-state index contributed by atoms with van der Waals surface area (Å²) in [6, 6.07) is 1.29. The predicted molar refractivity (Wildman–Crippen MR) is 153 cm³/mol. The number of hydrogen-bond donors (Lipinski definition) is 4. The first kappa shape index (κ1) is 32.7. The molecule has 0 aliphatic carbocycles. The number of allylic oxidation sites excluding steroid dienone is 2. The van der Waals surface area contributed by atoms with Gasteiger partial charge in [0.15, 0.2) is 0 Å². The normalized spacial score (nSPS) is 17.1. The average molecular weight is 477 g/mol. The predicted octanol–water partition coefficient (Wildman–Crippen LogP) is 4.04. The van der Waals surface area contributed by atoms with E-state index in [0.29, 0.717) is 18.1 Å². The zero-order chi connectivity index (χ0) is 25.8. The fourth-order valence-electron chi connectivity index (χ4n) is 3.58. The molecule has 34 heavy (non-hydrogen) atoms. The molecule has 198 valence electrons. The van der Waals surface area contributed by atoms with Gasteiger partial charge in [0, 0.05) is 50.0 Å². The monoisotopic (exact) mass is 476 g/mol. The average Bonchev–Trinajstić information content (AvgIpc) is 2.82. The van der Waals surface area contributed by atoms with Crippen molar-refractivity contribution in [1.29, 1.82) is 0 Å². The number of hydrogen-bond acceptors (Lipinski definition) is 6. The van der Waals surface area contributed by atoms with Gasteiger partial charge in [-0.15, -0.1) is 0 Å². The molecule has 0 fully saturated rings. The summed E-state index contributed by atoms with van der Waals surface area (Å²) in [7, 11) is 2.20. The maximum Gasteiger partial charge on any atom is 0.0481 e. The molecule has 6 nitrogen and oxygen atoms in total. The van der Waals surface area contributed by atoms with Crippen molar-refractivity contribution in [1.82, 2.24) is 15.5 Å². The molecule has 0 saturated heterocycles. The summed E-state index contributed by atoms with van der Waals surface area (Å²) in [6.07, 6.45) is 15.9. The molecule has 6 N–H and O–H groups in total. The van der Waals surface area contributed by atoms with E-state index >= 15 is 0 Å². The first-order valence-electron chi connectivity index (χ1n) is 13.4. The summed E-state index contributed by atoms with van der Waals surface area (Å²) in [5.74, 6) is 0. The molecule has 0 aliphatic heterocycles. The second-order valence-electron chi connectivity index (χ2n) is 9.58. The van der Waals surface area contributed by atoms with Crippen LogP contribution in [0.4, 0.5) is 0 Å². The van der Waals surface area contributed by atoms with E-state index in [2.05, 4.69) is 74.3 Å². The molecule has 0 amide bonds. The summed E-state index contributed by atoms with van der Waals surface area (Å²) in [5.41, 5.74) is 14.4. The Hall–Kier alpha value is -1.31. The van der Waals surface area contributed by atoms with E-state index in [1.54, 1.807) is 0 Å². The standard InChI is InChI=1S/C28H56N6/c1-8-17-33-26(6)23(3)22-27(9-2)28(30)14-12-18-31-19-15-25(5)34(7)21-20-32-24(4)13-10-11-16-29/h9,12,14,18,22,24-26,28,32-33H,8,10-11,13,15-17,19-21,29-30H2,1-7H3/b14-12+,23-22+,27-9-,31-18?. The van der Waals surface area contributed by atoms with Crippen LogP contribution in [0.2, 0.25) is 0 Å². The molecule has 4 unspecified atom stereocenters. The van der Waals surface area contributed by atoms with E-state index in [1.807, 2.05) is 25.3 Å². The number of nitrogens with two attached hydrogens (primary N) is 2. The van der Waals surface area contributed by atoms with Crippen molar-refractivity contribution in [3.63, 3.8) is 0 Å². The first-order chi connectivity index (χ1) is 16.3. The molecule has 0 bridgehead atoms. The fraction of sp³-hybridized carbons (Fsp3) is 0.750. The number of nitrogens with one attached hydrogen (secondary N) is 2. The Balaban J connectivity index is 4.30. The van der Waals surface area contributed by atoms with Crippen molar-refractivity contribution >= 4 is 6.21 Å². The number of likely N-dealkylation sites (N-methyl/N-ethyl adjacent to an activating group) is 1. The van der Waals surface area contributed by atoms with Crippen LogP contribution in [0.15, 0.2) is 40.4 Å². The fourth-order valence-corrected chi connectivity index (χ4v) is 3.58. The molecule has 0 saturated carbocycles. The number of unbranched alkanes of at least 4 members (excludes halogenated alkanes) is 1. The van der Waals surface area contributed by atoms with E-state index in [0.717, 1.165) is 57.6 Å². The highest BCUT2D eigenvalue weighted by Gasteiger charge is 2.09. The van der Waals surface area contributed by atoms with E-state index in [9.17, 15) is 0 Å². The van der Waals surface area contributed by atoms with Crippen LogP contribution in [0, 0.1) is 0 Å². The zero-order valence-corrected chi connectivity index (χ0v) is 23.3. The lowest BCUT2D eigenvalue weighted by atomic mass is 10.0. The van der Waals surface area contributed by atoms with E-state index in [-0.39, 0.29) is 6.04 Å². The zero-order valence-electron chi connectivity index (χ0n) is 23.3. The van der Waals surface area contributed by atoms with Crippen LogP contribution >= 0.6 is 0 Å². The maximum absolute atomic E-state index is 6.38. The molecule has 6 heteroatoms. The molecule has 0 aromatic heterocycles. The highest BCUT2D eigenvalue weighted by atomic mass is 15.1. The first-order valence-corrected chi connectivity index (χ1v) is 13.4. The molecular weight excluding hydrogens is 420 g/mol. The van der Waals surface area contributed by atoms with Crippen LogP contribution in [0.5, 0.6) is 0 Å². The minimum atomic E-state index is -0.125. The van der Waals surface area contributed by atoms with Gasteiger partial charge in [0.2, 0.25) is 0 Å². The Morgan fingerprint density at radius 3 is 2.47 bits per heavy atom. The molecule has 0 rings (SSSR count). The summed E-state index contributed by atoms with van der Waals surface area (Å²) < 4.78 is 0. The van der Waals surface area contributed by atoms with Crippen molar-refractivity contribution in [2.45, 2.75) is 97.8 Å². The van der Waals surface area contributed by atoms with Gasteiger partial charge in [-0.2, -0.15) is 0 Å². The Bertz CT molecular complexity index is 610. The minimum Gasteiger partial charge on any atom is -0.330 e. The highest BCUT2D eigenvalue weighted by Crippen LogP contribution is 2.10. The van der Waals surface area contributed by atoms with E-state index < -0.39 is 0 Å². The van der Waals surface area contributed by atoms with Gasteiger partial charge in [-0.05, 0) is 92.1 Å². The maximum atomic E-state index is 6.38. The molecule has 0 aliphatic rings. The molecular formula is C28H56N6. The lowest BCUT2D eigenvalue weighted by Crippen LogP contribution is -2.38. The summed E-state index contributed by atoms with van der Waals surface area (Å²) >= 11 is 0. The van der Waals surface area contributed by atoms with Crippen LogP contribution in [0.25, 0.3) is 0 Å². The second-order valence-corrected chi connectivity index (χ2v) is 9.58. The number of rotatable bonds is 20. The molecule has 0 spiro atoms. The third kappa shape index (κ3) is 16.3. The van der Waals surface area contributed by atoms with E-state index in [4.69, 9.17) is 11.5 Å². The van der Waals surface area contributed by atoms with Gasteiger partial charge >= 0.3 is 0 Å². The third-order valence-corrected chi connectivity index (χ3v) is 6.48. The summed E-state index contributed by atoms with van der Waals surface area (Å²) in [5, 5.41) is 7.14. The number of aliphatic imine (C=N–C) groups is 1. The lowest BCUT2D eigenvalue weighted by molar-refractivity contribution is 0.245. The lowest BCUT2D eigenvalue weighted by Gasteiger charge is -2.25. The van der Waals surface area contributed by atoms with Gasteiger partial charge < -0.3 is 27.0 Å². The van der Waals surface area contributed by atoms with Crippen LogP contribution < -0.4 is 22.1 Å². The smallest absolute Gasteiger partial charge is 0.0481 e. The third-order valence-electron chi connectivity index (χ3n) is 6.48. The van der Waals surface area contributed by atoms with Crippen LogP contribution in [-0.2, 0) is 0 Å². The van der Waals surface area contributed by atoms with Gasteiger partial charge in [-0.25, -0.2) is 0 Å². The highest BCUT2D eigenvalue weighted by molar-refractivity contribution is 5.71. The van der Waals surface area contributed by atoms with Crippen molar-refractivity contribution in [3.05, 3.63) is 35.5 Å². The van der Waals surface area contributed by atoms with Gasteiger partial charge in [0.1, 0.15) is 0 Å². The second kappa shape index (κ2) is 21.0. The molecule has 0 heterocycles. The molecule has 0 aromatic rings. The Labute approximate surface area is 211 Å². The molecule has 4 atom stereocenters. The van der Waals surface area contributed by atoms with Crippen LogP contribution in [-0.4, -0.2) is 75.1 Å². The van der Waals surface area contributed by atoms with Gasteiger partial charge in [-0.3, -0.25) is 4.99 Å². The van der Waals surface area contributed by atoms with Crippen molar-refractivity contribution in [2.24, 2.45) is 16.5 Å². The largest absolute Gasteiger partial charge is 0.330 e. The van der Waals surface area contributed by atoms with E-state index in [1.165, 1.54) is 18.4 Å². The Morgan fingerprint density at radius 1 is 1.09 bits per heavy atom. The Kier molecular flexibility index (Phi) is 20.2. The molecule has 0 aromatic carbocycles.